The van der Waals surface area contributed by atoms with Gasteiger partial charge in [0.1, 0.15) is 11.5 Å². The molecule has 0 spiro atoms. The molecule has 1 heterocycles. The van der Waals surface area contributed by atoms with E-state index in [-0.39, 0.29) is 11.6 Å². The van der Waals surface area contributed by atoms with Gasteiger partial charge in [0.2, 0.25) is 5.78 Å². The van der Waals surface area contributed by atoms with Crippen molar-refractivity contribution in [3.63, 3.8) is 0 Å². The Morgan fingerprint density at radius 2 is 1.59 bits per heavy atom. The Labute approximate surface area is 187 Å². The van der Waals surface area contributed by atoms with Gasteiger partial charge in [-0.1, -0.05) is 0 Å². The molecular weight excluding hydrogens is 408 g/mol. The van der Waals surface area contributed by atoms with Gasteiger partial charge in [-0.25, -0.2) is 0 Å². The van der Waals surface area contributed by atoms with Crippen molar-refractivity contribution in [1.82, 2.24) is 4.98 Å². The number of Topliss-reactive ketones (excluding diaryl/α,β-unsaturated/α-hetero) is 2. The van der Waals surface area contributed by atoms with Crippen molar-refractivity contribution >= 4 is 17.3 Å². The average molecular weight is 437 g/mol. The summed E-state index contributed by atoms with van der Waals surface area (Å²) in [6.07, 6.45) is 0. The van der Waals surface area contributed by atoms with Gasteiger partial charge in [0.05, 0.1) is 26.0 Å². The molecule has 0 aliphatic carbocycles. The standard InChI is InChI=1S/C25H28N2O5/c1-14-23(17(4)28)15(2)27-24(14)25(29)16(3)26-18-7-12-21(31-6)22(13-18)32-20-10-8-19(30-5)9-11-20/h7-13,16,26-27H,1-6H3. The Bertz CT molecular complexity index is 1130. The van der Waals surface area contributed by atoms with Crippen molar-refractivity contribution in [2.24, 2.45) is 0 Å². The van der Waals surface area contributed by atoms with Crippen LogP contribution in [0, 0.1) is 13.8 Å². The average Bonchev–Trinajstić information content (AvgIpc) is 3.07. The van der Waals surface area contributed by atoms with Gasteiger partial charge in [-0.05, 0) is 69.7 Å². The van der Waals surface area contributed by atoms with E-state index in [2.05, 4.69) is 10.3 Å². The van der Waals surface area contributed by atoms with Crippen molar-refractivity contribution in [3.05, 3.63) is 65.0 Å². The first-order chi connectivity index (χ1) is 15.2. The minimum atomic E-state index is -0.534. The highest BCUT2D eigenvalue weighted by Gasteiger charge is 2.24. The molecule has 0 saturated carbocycles. The Morgan fingerprint density at radius 1 is 0.938 bits per heavy atom. The zero-order valence-corrected chi connectivity index (χ0v) is 19.2. The third-order valence-electron chi connectivity index (χ3n) is 5.26. The van der Waals surface area contributed by atoms with E-state index in [0.717, 1.165) is 5.75 Å². The molecule has 0 bridgehead atoms. The van der Waals surface area contributed by atoms with Crippen molar-refractivity contribution in [3.8, 4) is 23.0 Å². The fourth-order valence-electron chi connectivity index (χ4n) is 3.67. The number of aryl methyl sites for hydroxylation is 1. The van der Waals surface area contributed by atoms with E-state index in [1.54, 1.807) is 71.4 Å². The van der Waals surface area contributed by atoms with Crippen LogP contribution in [0.1, 0.15) is 46.0 Å². The first kappa shape index (κ1) is 22.9. The summed E-state index contributed by atoms with van der Waals surface area (Å²) in [5.41, 5.74) is 3.08. The number of benzene rings is 2. The van der Waals surface area contributed by atoms with Crippen LogP contribution in [0.5, 0.6) is 23.0 Å². The summed E-state index contributed by atoms with van der Waals surface area (Å²) in [5, 5.41) is 3.21. The third-order valence-corrected chi connectivity index (χ3v) is 5.26. The SMILES string of the molecule is COc1ccc(Oc2cc(NC(C)C(=O)c3[nH]c(C)c(C(C)=O)c3C)ccc2OC)cc1. The number of ketones is 2. The lowest BCUT2D eigenvalue weighted by Crippen LogP contribution is -2.27. The van der Waals surface area contributed by atoms with Crippen molar-refractivity contribution < 1.29 is 23.8 Å². The van der Waals surface area contributed by atoms with Gasteiger partial charge in [0.15, 0.2) is 17.3 Å². The molecule has 0 fully saturated rings. The number of carbonyl (C=O) groups is 2. The van der Waals surface area contributed by atoms with Crippen LogP contribution in [0.15, 0.2) is 42.5 Å². The molecule has 1 atom stereocenters. The number of methoxy groups -OCH3 is 2. The molecule has 32 heavy (non-hydrogen) atoms. The number of carbonyl (C=O) groups excluding carboxylic acids is 2. The van der Waals surface area contributed by atoms with Crippen molar-refractivity contribution in [1.29, 1.82) is 0 Å². The Kier molecular flexibility index (Phi) is 6.88. The Morgan fingerprint density at radius 3 is 2.16 bits per heavy atom. The third kappa shape index (κ3) is 4.77. The lowest BCUT2D eigenvalue weighted by atomic mass is 10.0. The van der Waals surface area contributed by atoms with Crippen molar-refractivity contribution in [2.45, 2.75) is 33.7 Å². The lowest BCUT2D eigenvalue weighted by Gasteiger charge is -2.17. The lowest BCUT2D eigenvalue weighted by molar-refractivity contribution is 0.0970. The first-order valence-corrected chi connectivity index (χ1v) is 10.3. The first-order valence-electron chi connectivity index (χ1n) is 10.3. The van der Waals surface area contributed by atoms with Gasteiger partial charge in [-0.2, -0.15) is 0 Å². The second-order valence-electron chi connectivity index (χ2n) is 7.55. The summed E-state index contributed by atoms with van der Waals surface area (Å²) in [6, 6.07) is 12.0. The summed E-state index contributed by atoms with van der Waals surface area (Å²) in [6.45, 7) is 6.86. The molecule has 0 aliphatic rings. The molecule has 0 amide bonds. The molecule has 3 aromatic rings. The van der Waals surface area contributed by atoms with Gasteiger partial charge in [0, 0.05) is 23.0 Å². The summed E-state index contributed by atoms with van der Waals surface area (Å²) in [4.78, 5) is 28.0. The second kappa shape index (κ2) is 9.60. The van der Waals surface area contributed by atoms with E-state index in [9.17, 15) is 9.59 Å². The van der Waals surface area contributed by atoms with Gasteiger partial charge >= 0.3 is 0 Å². The molecule has 168 valence electrons. The quantitative estimate of drug-likeness (QED) is 0.441. The zero-order chi connectivity index (χ0) is 23.4. The van der Waals surface area contributed by atoms with Gasteiger partial charge in [-0.3, -0.25) is 9.59 Å². The van der Waals surface area contributed by atoms with E-state index in [1.807, 2.05) is 6.07 Å². The van der Waals surface area contributed by atoms with Crippen LogP contribution in [0.2, 0.25) is 0 Å². The highest BCUT2D eigenvalue weighted by atomic mass is 16.5. The van der Waals surface area contributed by atoms with Crippen LogP contribution in [-0.2, 0) is 0 Å². The van der Waals surface area contributed by atoms with Gasteiger partial charge in [0.25, 0.3) is 0 Å². The summed E-state index contributed by atoms with van der Waals surface area (Å²) in [7, 11) is 3.17. The smallest absolute Gasteiger partial charge is 0.201 e. The van der Waals surface area contributed by atoms with Crippen LogP contribution in [0.25, 0.3) is 0 Å². The maximum atomic E-state index is 13.0. The molecular formula is C25H28N2O5. The van der Waals surface area contributed by atoms with Crippen LogP contribution >= 0.6 is 0 Å². The summed E-state index contributed by atoms with van der Waals surface area (Å²) >= 11 is 0. The predicted octanol–water partition coefficient (Wildman–Crippen LogP) is 5.33. The number of H-pyrrole nitrogens is 1. The number of anilines is 1. The molecule has 2 aromatic carbocycles. The highest BCUT2D eigenvalue weighted by Crippen LogP contribution is 2.35. The van der Waals surface area contributed by atoms with Gasteiger partial charge < -0.3 is 24.5 Å². The molecule has 2 N–H and O–H groups in total. The molecule has 7 nitrogen and oxygen atoms in total. The topological polar surface area (TPSA) is 89.7 Å². The van der Waals surface area contributed by atoms with E-state index in [0.29, 0.717) is 45.5 Å². The predicted molar refractivity (Wildman–Crippen MR) is 124 cm³/mol. The van der Waals surface area contributed by atoms with Crippen LogP contribution in [0.4, 0.5) is 5.69 Å². The Balaban J connectivity index is 1.81. The van der Waals surface area contributed by atoms with Crippen LogP contribution in [-0.4, -0.2) is 36.8 Å². The van der Waals surface area contributed by atoms with E-state index >= 15 is 0 Å². The fourth-order valence-corrected chi connectivity index (χ4v) is 3.67. The minimum absolute atomic E-state index is 0.0635. The number of nitrogens with one attached hydrogen (secondary N) is 2. The van der Waals surface area contributed by atoms with Crippen LogP contribution in [0.3, 0.4) is 0 Å². The van der Waals surface area contributed by atoms with Crippen molar-refractivity contribution in [2.75, 3.05) is 19.5 Å². The number of ether oxygens (including phenoxy) is 3. The van der Waals surface area contributed by atoms with Gasteiger partial charge in [-0.15, -0.1) is 0 Å². The maximum Gasteiger partial charge on any atom is 0.201 e. The second-order valence-corrected chi connectivity index (χ2v) is 7.55. The maximum absolute atomic E-state index is 13.0. The minimum Gasteiger partial charge on any atom is -0.497 e. The van der Waals surface area contributed by atoms with E-state index < -0.39 is 6.04 Å². The number of aromatic amines is 1. The largest absolute Gasteiger partial charge is 0.497 e. The fraction of sp³-hybridized carbons (Fsp3) is 0.280. The molecule has 0 saturated heterocycles. The molecule has 0 aliphatic heterocycles. The molecule has 1 aromatic heterocycles. The number of hydrogen-bond acceptors (Lipinski definition) is 6. The molecule has 7 heteroatoms. The van der Waals surface area contributed by atoms with E-state index in [4.69, 9.17) is 14.2 Å². The zero-order valence-electron chi connectivity index (χ0n) is 19.2. The normalized spacial score (nSPS) is 11.6. The number of aromatic nitrogens is 1. The Hall–Kier alpha value is -3.74. The molecule has 3 rings (SSSR count). The summed E-state index contributed by atoms with van der Waals surface area (Å²) in [5.74, 6) is 2.23. The molecule has 1 unspecified atom stereocenters. The summed E-state index contributed by atoms with van der Waals surface area (Å²) < 4.78 is 16.6. The van der Waals surface area contributed by atoms with E-state index in [1.165, 1.54) is 6.92 Å². The van der Waals surface area contributed by atoms with Crippen LogP contribution < -0.4 is 19.5 Å². The highest BCUT2D eigenvalue weighted by molar-refractivity contribution is 6.05. The monoisotopic (exact) mass is 436 g/mol. The molecule has 0 radical (unpaired) electrons. The number of rotatable bonds is 9. The number of hydrogen-bond donors (Lipinski definition) is 2.